The number of rotatable bonds is 4. The molecule has 1 heteroatoms. The van der Waals surface area contributed by atoms with Gasteiger partial charge in [0.15, 0.2) is 0 Å². The van der Waals surface area contributed by atoms with Crippen molar-refractivity contribution in [2.24, 2.45) is 5.92 Å². The molecule has 1 saturated carbocycles. The van der Waals surface area contributed by atoms with Gasteiger partial charge in [-0.3, -0.25) is 0 Å². The standard InChI is InChI=1S/C15H22O/c1-2-15(16,14-10-6-7-11-14)12-13-8-4-3-5-9-13/h3-5,8-9,14,16H,2,6-7,10-12H2,1H3. The van der Waals surface area contributed by atoms with Crippen LogP contribution in [-0.4, -0.2) is 10.7 Å². The van der Waals surface area contributed by atoms with Crippen molar-refractivity contribution in [2.75, 3.05) is 0 Å². The van der Waals surface area contributed by atoms with Gasteiger partial charge in [-0.25, -0.2) is 0 Å². The number of hydrogen-bond donors (Lipinski definition) is 1. The lowest BCUT2D eigenvalue weighted by molar-refractivity contribution is -0.0196. The van der Waals surface area contributed by atoms with Crippen LogP contribution in [0.3, 0.4) is 0 Å². The Morgan fingerprint density at radius 3 is 2.38 bits per heavy atom. The fourth-order valence-corrected chi connectivity index (χ4v) is 2.97. The molecule has 0 spiro atoms. The van der Waals surface area contributed by atoms with Gasteiger partial charge in [-0.1, -0.05) is 50.1 Å². The molecule has 1 fully saturated rings. The fourth-order valence-electron chi connectivity index (χ4n) is 2.97. The number of aliphatic hydroxyl groups is 1. The van der Waals surface area contributed by atoms with Gasteiger partial charge in [-0.15, -0.1) is 0 Å². The maximum Gasteiger partial charge on any atom is 0.0713 e. The van der Waals surface area contributed by atoms with Crippen LogP contribution in [-0.2, 0) is 6.42 Å². The summed E-state index contributed by atoms with van der Waals surface area (Å²) in [6.45, 7) is 2.11. The average Bonchev–Trinajstić information content (AvgIpc) is 2.84. The molecule has 1 aromatic carbocycles. The molecule has 0 heterocycles. The highest BCUT2D eigenvalue weighted by Gasteiger charge is 2.36. The summed E-state index contributed by atoms with van der Waals surface area (Å²) in [6.07, 6.45) is 6.68. The molecule has 0 bridgehead atoms. The molecule has 1 aromatic rings. The number of hydrogen-bond acceptors (Lipinski definition) is 1. The molecule has 88 valence electrons. The van der Waals surface area contributed by atoms with Gasteiger partial charge in [0.1, 0.15) is 0 Å². The van der Waals surface area contributed by atoms with Crippen molar-refractivity contribution in [2.45, 2.75) is 51.0 Å². The van der Waals surface area contributed by atoms with Gasteiger partial charge in [0, 0.05) is 6.42 Å². The van der Waals surface area contributed by atoms with Crippen molar-refractivity contribution in [1.82, 2.24) is 0 Å². The summed E-state index contributed by atoms with van der Waals surface area (Å²) >= 11 is 0. The Morgan fingerprint density at radius 2 is 1.81 bits per heavy atom. The molecule has 0 aliphatic heterocycles. The summed E-state index contributed by atoms with van der Waals surface area (Å²) in [6, 6.07) is 10.4. The molecule has 1 nitrogen and oxygen atoms in total. The molecule has 1 unspecified atom stereocenters. The highest BCUT2D eigenvalue weighted by Crippen LogP contribution is 2.38. The Bertz CT molecular complexity index is 313. The van der Waals surface area contributed by atoms with Crippen LogP contribution in [0.1, 0.15) is 44.6 Å². The van der Waals surface area contributed by atoms with E-state index in [1.807, 2.05) is 6.07 Å². The molecule has 0 amide bonds. The summed E-state index contributed by atoms with van der Waals surface area (Å²) in [5.74, 6) is 0.512. The van der Waals surface area contributed by atoms with Crippen molar-refractivity contribution >= 4 is 0 Å². The Hall–Kier alpha value is -0.820. The van der Waals surface area contributed by atoms with Crippen molar-refractivity contribution in [3.8, 4) is 0 Å². The molecular formula is C15H22O. The Morgan fingerprint density at radius 1 is 1.19 bits per heavy atom. The van der Waals surface area contributed by atoms with E-state index in [2.05, 4.69) is 31.2 Å². The molecule has 1 N–H and O–H groups in total. The first kappa shape index (κ1) is 11.7. The zero-order valence-electron chi connectivity index (χ0n) is 10.2. The van der Waals surface area contributed by atoms with Crippen molar-refractivity contribution in [3.63, 3.8) is 0 Å². The third-order valence-corrected chi connectivity index (χ3v) is 4.08. The van der Waals surface area contributed by atoms with E-state index in [1.54, 1.807) is 0 Å². The van der Waals surface area contributed by atoms with Gasteiger partial charge < -0.3 is 5.11 Å². The second kappa shape index (κ2) is 5.01. The van der Waals surface area contributed by atoms with E-state index >= 15 is 0 Å². The summed E-state index contributed by atoms with van der Waals surface area (Å²) in [4.78, 5) is 0. The van der Waals surface area contributed by atoms with Crippen LogP contribution < -0.4 is 0 Å². The van der Waals surface area contributed by atoms with Crippen LogP contribution in [0.15, 0.2) is 30.3 Å². The van der Waals surface area contributed by atoms with Crippen molar-refractivity contribution in [1.29, 1.82) is 0 Å². The smallest absolute Gasteiger partial charge is 0.0713 e. The van der Waals surface area contributed by atoms with Crippen LogP contribution in [0.25, 0.3) is 0 Å². The zero-order chi connectivity index (χ0) is 11.4. The highest BCUT2D eigenvalue weighted by atomic mass is 16.3. The predicted molar refractivity (Wildman–Crippen MR) is 67.3 cm³/mol. The first-order valence-electron chi connectivity index (χ1n) is 6.51. The Kier molecular flexibility index (Phi) is 3.65. The summed E-state index contributed by atoms with van der Waals surface area (Å²) < 4.78 is 0. The lowest BCUT2D eigenvalue weighted by Gasteiger charge is -2.33. The molecule has 16 heavy (non-hydrogen) atoms. The maximum atomic E-state index is 10.8. The van der Waals surface area contributed by atoms with Crippen LogP contribution >= 0.6 is 0 Å². The van der Waals surface area contributed by atoms with E-state index in [-0.39, 0.29) is 0 Å². The van der Waals surface area contributed by atoms with Gasteiger partial charge in [-0.05, 0) is 30.7 Å². The molecule has 2 rings (SSSR count). The van der Waals surface area contributed by atoms with E-state index in [1.165, 1.54) is 31.2 Å². The minimum absolute atomic E-state index is 0.474. The van der Waals surface area contributed by atoms with E-state index in [0.717, 1.165) is 12.8 Å². The summed E-state index contributed by atoms with van der Waals surface area (Å²) in [5.41, 5.74) is 0.788. The topological polar surface area (TPSA) is 20.2 Å². The summed E-state index contributed by atoms with van der Waals surface area (Å²) in [5, 5.41) is 10.8. The van der Waals surface area contributed by atoms with Gasteiger partial charge >= 0.3 is 0 Å². The van der Waals surface area contributed by atoms with Crippen LogP contribution in [0, 0.1) is 5.92 Å². The lowest BCUT2D eigenvalue weighted by atomic mass is 9.79. The molecule has 0 aromatic heterocycles. The van der Waals surface area contributed by atoms with Crippen molar-refractivity contribution < 1.29 is 5.11 Å². The SMILES string of the molecule is CCC(O)(Cc1ccccc1)C1CCCC1. The summed E-state index contributed by atoms with van der Waals surface area (Å²) in [7, 11) is 0. The van der Waals surface area contributed by atoms with E-state index in [9.17, 15) is 5.11 Å². The van der Waals surface area contributed by atoms with Crippen LogP contribution in [0.5, 0.6) is 0 Å². The highest BCUT2D eigenvalue weighted by molar-refractivity contribution is 5.17. The third-order valence-electron chi connectivity index (χ3n) is 4.08. The zero-order valence-corrected chi connectivity index (χ0v) is 10.2. The third kappa shape index (κ3) is 2.46. The van der Waals surface area contributed by atoms with Gasteiger partial charge in [0.25, 0.3) is 0 Å². The first-order valence-corrected chi connectivity index (χ1v) is 6.51. The molecule has 1 aliphatic rings. The maximum absolute atomic E-state index is 10.8. The minimum atomic E-state index is -0.474. The van der Waals surface area contributed by atoms with E-state index in [4.69, 9.17) is 0 Å². The van der Waals surface area contributed by atoms with E-state index < -0.39 is 5.60 Å². The van der Waals surface area contributed by atoms with Crippen LogP contribution in [0.4, 0.5) is 0 Å². The normalized spacial score (nSPS) is 20.9. The monoisotopic (exact) mass is 218 g/mol. The van der Waals surface area contributed by atoms with Gasteiger partial charge in [0.2, 0.25) is 0 Å². The number of benzene rings is 1. The molecule has 0 radical (unpaired) electrons. The van der Waals surface area contributed by atoms with Gasteiger partial charge in [-0.2, -0.15) is 0 Å². The quantitative estimate of drug-likeness (QED) is 0.819. The fraction of sp³-hybridized carbons (Fsp3) is 0.600. The second-order valence-electron chi connectivity index (χ2n) is 5.10. The predicted octanol–water partition coefficient (Wildman–Crippen LogP) is 3.56. The average molecular weight is 218 g/mol. The van der Waals surface area contributed by atoms with E-state index in [0.29, 0.717) is 5.92 Å². The molecule has 1 atom stereocenters. The molecule has 0 saturated heterocycles. The Balaban J connectivity index is 2.09. The van der Waals surface area contributed by atoms with Gasteiger partial charge in [0.05, 0.1) is 5.60 Å². The molecule has 1 aliphatic carbocycles. The largest absolute Gasteiger partial charge is 0.389 e. The Labute approximate surface area is 98.5 Å². The first-order chi connectivity index (χ1) is 7.74. The van der Waals surface area contributed by atoms with Crippen LogP contribution in [0.2, 0.25) is 0 Å². The lowest BCUT2D eigenvalue weighted by Crippen LogP contribution is -2.38. The van der Waals surface area contributed by atoms with Crippen molar-refractivity contribution in [3.05, 3.63) is 35.9 Å². The molecular weight excluding hydrogens is 196 g/mol. The minimum Gasteiger partial charge on any atom is -0.389 e. The second-order valence-corrected chi connectivity index (χ2v) is 5.10.